The van der Waals surface area contributed by atoms with Crippen LogP contribution in [0.4, 0.5) is 0 Å². The third-order valence-electron chi connectivity index (χ3n) is 8.83. The van der Waals surface area contributed by atoms with E-state index >= 15 is 0 Å². The predicted octanol–water partition coefficient (Wildman–Crippen LogP) is 11.2. The Labute approximate surface area is 261 Å². The number of benzene rings is 6. The first kappa shape index (κ1) is 24.6. The Balaban J connectivity index is 1.24. The molecule has 0 saturated heterocycles. The maximum Gasteiger partial charge on any atom is 0.161 e. The van der Waals surface area contributed by atoms with Crippen molar-refractivity contribution >= 4 is 75.4 Å². The largest absolute Gasteiger partial charge is 0.456 e. The fourth-order valence-electron chi connectivity index (χ4n) is 6.89. The average Bonchev–Trinajstić information content (AvgIpc) is 3.77. The molecule has 0 atom stereocenters. The first-order valence-corrected chi connectivity index (χ1v) is 15.8. The molecule has 0 saturated carbocycles. The van der Waals surface area contributed by atoms with E-state index in [0.717, 1.165) is 71.5 Å². The van der Waals surface area contributed by atoms with E-state index in [1.54, 1.807) is 11.3 Å². The molecule has 0 aliphatic rings. The van der Waals surface area contributed by atoms with Gasteiger partial charge in [0, 0.05) is 53.8 Å². The lowest BCUT2D eigenvalue weighted by atomic mass is 10.1. The van der Waals surface area contributed by atoms with Gasteiger partial charge in [0.2, 0.25) is 0 Å². The van der Waals surface area contributed by atoms with Gasteiger partial charge in [-0.2, -0.15) is 0 Å². The van der Waals surface area contributed by atoms with Gasteiger partial charge in [0.25, 0.3) is 0 Å². The smallest absolute Gasteiger partial charge is 0.161 e. The average molecular weight is 594 g/mol. The Bertz CT molecular complexity index is 2770. The Hall–Kier alpha value is -5.78. The van der Waals surface area contributed by atoms with Gasteiger partial charge in [0.1, 0.15) is 16.0 Å². The fourth-order valence-corrected chi connectivity index (χ4v) is 7.97. The Morgan fingerprint density at radius 1 is 0.511 bits per heavy atom. The summed E-state index contributed by atoms with van der Waals surface area (Å²) in [5, 5.41) is 6.99. The van der Waals surface area contributed by atoms with Crippen LogP contribution in [-0.2, 0) is 0 Å². The molecule has 0 bridgehead atoms. The fraction of sp³-hybridized carbons (Fsp3) is 0. The van der Waals surface area contributed by atoms with Crippen molar-refractivity contribution in [1.29, 1.82) is 0 Å². The molecule has 0 unspecified atom stereocenters. The molecule has 0 aliphatic carbocycles. The lowest BCUT2D eigenvalue weighted by molar-refractivity contribution is 0.669. The van der Waals surface area contributed by atoms with Crippen LogP contribution in [0.3, 0.4) is 0 Å². The van der Waals surface area contributed by atoms with Crippen LogP contribution in [0.25, 0.3) is 92.4 Å². The summed E-state index contributed by atoms with van der Waals surface area (Å²) in [5.74, 6) is 0.721. The molecule has 10 aromatic rings. The number of furan rings is 1. The first-order valence-electron chi connectivity index (χ1n) is 15.0. The minimum absolute atomic E-state index is 0.721. The van der Waals surface area contributed by atoms with Gasteiger partial charge in [0.05, 0.1) is 16.7 Å². The molecular formula is C40H23N3OS. The van der Waals surface area contributed by atoms with E-state index in [9.17, 15) is 0 Å². The van der Waals surface area contributed by atoms with Gasteiger partial charge in [-0.15, -0.1) is 11.3 Å². The number of hydrogen-bond donors (Lipinski definition) is 0. The number of fused-ring (bicyclic) bond motifs is 10. The molecule has 0 spiro atoms. The van der Waals surface area contributed by atoms with Crippen LogP contribution in [0.2, 0.25) is 0 Å². The monoisotopic (exact) mass is 593 g/mol. The van der Waals surface area contributed by atoms with Crippen molar-refractivity contribution in [3.63, 3.8) is 0 Å². The SMILES string of the molecule is c1ccc(-c2nc(-c3cccc(-n4c5ccccc5c5c6c(ccc54)oc4ccccc46)c3)nc3sc4ccccc4c23)cc1. The first-order chi connectivity index (χ1) is 22.3. The molecule has 0 amide bonds. The van der Waals surface area contributed by atoms with Crippen molar-refractivity contribution < 1.29 is 4.42 Å². The highest BCUT2D eigenvalue weighted by Gasteiger charge is 2.20. The van der Waals surface area contributed by atoms with Crippen LogP contribution < -0.4 is 0 Å². The van der Waals surface area contributed by atoms with Gasteiger partial charge >= 0.3 is 0 Å². The van der Waals surface area contributed by atoms with Crippen LogP contribution in [0.1, 0.15) is 0 Å². The van der Waals surface area contributed by atoms with E-state index in [2.05, 4.69) is 126 Å². The Morgan fingerprint density at radius 2 is 1.27 bits per heavy atom. The van der Waals surface area contributed by atoms with E-state index in [1.165, 1.54) is 20.9 Å². The molecule has 10 rings (SSSR count). The van der Waals surface area contributed by atoms with Crippen LogP contribution in [0, 0.1) is 0 Å². The van der Waals surface area contributed by atoms with Crippen LogP contribution in [0.5, 0.6) is 0 Å². The minimum Gasteiger partial charge on any atom is -0.456 e. The molecule has 6 aromatic carbocycles. The third kappa shape index (κ3) is 3.59. The molecule has 0 radical (unpaired) electrons. The summed E-state index contributed by atoms with van der Waals surface area (Å²) in [5.41, 5.74) is 8.18. The third-order valence-corrected chi connectivity index (χ3v) is 9.89. The maximum atomic E-state index is 6.28. The van der Waals surface area contributed by atoms with Crippen molar-refractivity contribution in [2.75, 3.05) is 0 Å². The van der Waals surface area contributed by atoms with Gasteiger partial charge in [-0.3, -0.25) is 0 Å². The number of rotatable bonds is 3. The molecule has 0 fully saturated rings. The zero-order chi connectivity index (χ0) is 29.5. The highest BCUT2D eigenvalue weighted by atomic mass is 32.1. The zero-order valence-corrected chi connectivity index (χ0v) is 24.8. The molecule has 5 heteroatoms. The van der Waals surface area contributed by atoms with Crippen LogP contribution in [-0.4, -0.2) is 14.5 Å². The van der Waals surface area contributed by atoms with Crippen molar-refractivity contribution in [2.24, 2.45) is 0 Å². The quantitative estimate of drug-likeness (QED) is 0.205. The summed E-state index contributed by atoms with van der Waals surface area (Å²) >= 11 is 1.72. The second-order valence-corrected chi connectivity index (χ2v) is 12.4. The van der Waals surface area contributed by atoms with E-state index in [1.807, 2.05) is 18.2 Å². The standard InChI is InChI=1S/C40H23N3OS/c1-2-11-24(12-3-1)38-37-29-17-6-9-20-34(29)45-40(37)42-39(41-38)25-13-10-14-26(23-25)43-30-18-7-4-15-27(30)35-31(43)21-22-33-36(35)28-16-5-8-19-32(28)44-33/h1-23H. The van der Waals surface area contributed by atoms with Crippen molar-refractivity contribution in [3.05, 3.63) is 140 Å². The molecule has 0 aliphatic heterocycles. The van der Waals surface area contributed by atoms with Crippen molar-refractivity contribution in [1.82, 2.24) is 14.5 Å². The summed E-state index contributed by atoms with van der Waals surface area (Å²) in [7, 11) is 0. The molecule has 4 heterocycles. The Morgan fingerprint density at radius 3 is 2.18 bits per heavy atom. The molecule has 4 nitrogen and oxygen atoms in total. The zero-order valence-electron chi connectivity index (χ0n) is 23.9. The van der Waals surface area contributed by atoms with E-state index in [0.29, 0.717) is 0 Å². The minimum atomic E-state index is 0.721. The van der Waals surface area contributed by atoms with Gasteiger partial charge in [-0.25, -0.2) is 9.97 Å². The molecule has 0 N–H and O–H groups in total. The predicted molar refractivity (Wildman–Crippen MR) is 187 cm³/mol. The Kier molecular flexibility index (Phi) is 5.12. The number of thiophene rings is 1. The number of para-hydroxylation sites is 2. The normalized spacial score (nSPS) is 12.0. The maximum absolute atomic E-state index is 6.28. The summed E-state index contributed by atoms with van der Waals surface area (Å²) in [6.45, 7) is 0. The van der Waals surface area contributed by atoms with Crippen molar-refractivity contribution in [3.8, 4) is 28.3 Å². The van der Waals surface area contributed by atoms with Crippen molar-refractivity contribution in [2.45, 2.75) is 0 Å². The molecule has 45 heavy (non-hydrogen) atoms. The highest BCUT2D eigenvalue weighted by molar-refractivity contribution is 7.25. The number of hydrogen-bond acceptors (Lipinski definition) is 4. The lowest BCUT2D eigenvalue weighted by Crippen LogP contribution is -1.97. The number of nitrogens with zero attached hydrogens (tertiary/aromatic N) is 3. The summed E-state index contributed by atoms with van der Waals surface area (Å²) in [6, 6.07) is 48.8. The summed E-state index contributed by atoms with van der Waals surface area (Å²) < 4.78 is 9.85. The summed E-state index contributed by atoms with van der Waals surface area (Å²) in [4.78, 5) is 11.4. The summed E-state index contributed by atoms with van der Waals surface area (Å²) in [6.07, 6.45) is 0. The van der Waals surface area contributed by atoms with Crippen LogP contribution >= 0.6 is 11.3 Å². The molecular weight excluding hydrogens is 571 g/mol. The second kappa shape index (κ2) is 9.36. The van der Waals surface area contributed by atoms with Gasteiger partial charge < -0.3 is 8.98 Å². The van der Waals surface area contributed by atoms with Gasteiger partial charge in [-0.05, 0) is 42.5 Å². The van der Waals surface area contributed by atoms with E-state index < -0.39 is 0 Å². The van der Waals surface area contributed by atoms with Crippen LogP contribution in [0.15, 0.2) is 144 Å². The lowest BCUT2D eigenvalue weighted by Gasteiger charge is -2.11. The van der Waals surface area contributed by atoms with Gasteiger partial charge in [-0.1, -0.05) is 97.1 Å². The molecule has 4 aromatic heterocycles. The topological polar surface area (TPSA) is 43.9 Å². The number of aromatic nitrogens is 3. The molecule has 210 valence electrons. The van der Waals surface area contributed by atoms with E-state index in [-0.39, 0.29) is 0 Å². The van der Waals surface area contributed by atoms with E-state index in [4.69, 9.17) is 14.4 Å². The second-order valence-electron chi connectivity index (χ2n) is 11.4. The highest BCUT2D eigenvalue weighted by Crippen LogP contribution is 2.42. The van der Waals surface area contributed by atoms with Gasteiger partial charge in [0.15, 0.2) is 5.82 Å².